The highest BCUT2D eigenvalue weighted by molar-refractivity contribution is 4.91. The Kier molecular flexibility index (Phi) is 5.73. The van der Waals surface area contributed by atoms with Gasteiger partial charge in [0.2, 0.25) is 0 Å². The molecule has 3 heteroatoms. The highest BCUT2D eigenvalue weighted by Crippen LogP contribution is 2.34. The number of hydrogen-bond donors (Lipinski definition) is 1. The Morgan fingerprint density at radius 1 is 1.25 bits per heavy atom. The fourth-order valence-electron chi connectivity index (χ4n) is 2.73. The molecule has 1 heterocycles. The maximum Gasteiger partial charge on any atom is 0.0623 e. The molecule has 0 spiro atoms. The molecule has 1 fully saturated rings. The quantitative estimate of drug-likeness (QED) is 0.707. The Balaban J connectivity index is 2.51. The summed E-state index contributed by atoms with van der Waals surface area (Å²) < 4.78 is 11.5. The van der Waals surface area contributed by atoms with E-state index in [0.717, 1.165) is 19.6 Å². The molecular formula is C13H27NO2. The molecule has 1 rings (SSSR count). The predicted octanol–water partition coefficient (Wildman–Crippen LogP) is 2.06. The number of likely N-dealkylation sites (N-methyl/N-ethyl adjacent to an activating group) is 1. The van der Waals surface area contributed by atoms with Crippen molar-refractivity contribution in [3.63, 3.8) is 0 Å². The summed E-state index contributed by atoms with van der Waals surface area (Å²) >= 11 is 0. The first-order chi connectivity index (χ1) is 7.61. The van der Waals surface area contributed by atoms with Crippen LogP contribution in [0.3, 0.4) is 0 Å². The largest absolute Gasteiger partial charge is 0.380 e. The summed E-state index contributed by atoms with van der Waals surface area (Å²) in [6.45, 7) is 10.4. The normalized spacial score (nSPS) is 36.6. The van der Waals surface area contributed by atoms with Gasteiger partial charge in [-0.2, -0.15) is 0 Å². The smallest absolute Gasteiger partial charge is 0.0623 e. The monoisotopic (exact) mass is 229 g/mol. The molecule has 0 aliphatic carbocycles. The van der Waals surface area contributed by atoms with Crippen LogP contribution in [0.2, 0.25) is 0 Å². The van der Waals surface area contributed by atoms with Crippen molar-refractivity contribution < 1.29 is 9.47 Å². The van der Waals surface area contributed by atoms with Crippen LogP contribution in [0.1, 0.15) is 34.1 Å². The number of nitrogens with one attached hydrogen (secondary N) is 1. The van der Waals surface area contributed by atoms with Gasteiger partial charge in [-0.3, -0.25) is 0 Å². The summed E-state index contributed by atoms with van der Waals surface area (Å²) in [5.41, 5.74) is 0. The van der Waals surface area contributed by atoms with Crippen LogP contribution in [0.5, 0.6) is 0 Å². The molecule has 1 aliphatic rings. The fourth-order valence-corrected chi connectivity index (χ4v) is 2.73. The lowest BCUT2D eigenvalue weighted by Crippen LogP contribution is -2.43. The lowest BCUT2D eigenvalue weighted by molar-refractivity contribution is 0.0374. The minimum atomic E-state index is 0.327. The van der Waals surface area contributed by atoms with Crippen molar-refractivity contribution in [2.75, 3.05) is 20.3 Å². The first kappa shape index (κ1) is 13.9. The Bertz CT molecular complexity index is 198. The van der Waals surface area contributed by atoms with Gasteiger partial charge < -0.3 is 14.8 Å². The van der Waals surface area contributed by atoms with Gasteiger partial charge >= 0.3 is 0 Å². The van der Waals surface area contributed by atoms with E-state index in [4.69, 9.17) is 9.47 Å². The van der Waals surface area contributed by atoms with Crippen molar-refractivity contribution in [3.05, 3.63) is 0 Å². The Hall–Kier alpha value is -0.120. The van der Waals surface area contributed by atoms with Crippen molar-refractivity contribution in [2.45, 2.75) is 52.4 Å². The third kappa shape index (κ3) is 3.19. The topological polar surface area (TPSA) is 30.5 Å². The van der Waals surface area contributed by atoms with Crippen LogP contribution in [-0.4, -0.2) is 38.5 Å². The van der Waals surface area contributed by atoms with Crippen LogP contribution in [0.15, 0.2) is 0 Å². The molecule has 96 valence electrons. The van der Waals surface area contributed by atoms with Crippen molar-refractivity contribution in [2.24, 2.45) is 11.8 Å². The van der Waals surface area contributed by atoms with Crippen molar-refractivity contribution in [1.29, 1.82) is 0 Å². The van der Waals surface area contributed by atoms with Crippen LogP contribution >= 0.6 is 0 Å². The van der Waals surface area contributed by atoms with Crippen LogP contribution in [-0.2, 0) is 9.47 Å². The molecule has 0 bridgehead atoms. The molecular weight excluding hydrogens is 202 g/mol. The molecule has 0 aromatic rings. The van der Waals surface area contributed by atoms with Crippen LogP contribution < -0.4 is 5.32 Å². The van der Waals surface area contributed by atoms with Gasteiger partial charge in [-0.15, -0.1) is 0 Å². The molecule has 5 unspecified atom stereocenters. The Morgan fingerprint density at radius 2 is 1.94 bits per heavy atom. The summed E-state index contributed by atoms with van der Waals surface area (Å²) in [5.74, 6) is 1.15. The average molecular weight is 229 g/mol. The van der Waals surface area contributed by atoms with E-state index in [2.05, 4.69) is 33.0 Å². The highest BCUT2D eigenvalue weighted by Gasteiger charge is 2.41. The summed E-state index contributed by atoms with van der Waals surface area (Å²) in [6.07, 6.45) is 1.77. The first-order valence-electron chi connectivity index (χ1n) is 6.52. The third-order valence-electron chi connectivity index (χ3n) is 3.80. The molecule has 0 aromatic carbocycles. The average Bonchev–Trinajstić information content (AvgIpc) is 2.50. The minimum Gasteiger partial charge on any atom is -0.380 e. The van der Waals surface area contributed by atoms with Gasteiger partial charge in [-0.05, 0) is 33.2 Å². The Morgan fingerprint density at radius 3 is 2.38 bits per heavy atom. The van der Waals surface area contributed by atoms with E-state index in [1.807, 2.05) is 7.05 Å². The lowest BCUT2D eigenvalue weighted by atomic mass is 9.84. The van der Waals surface area contributed by atoms with Crippen molar-refractivity contribution in [3.8, 4) is 0 Å². The zero-order chi connectivity index (χ0) is 12.1. The first-order valence-corrected chi connectivity index (χ1v) is 6.52. The molecule has 5 atom stereocenters. The molecule has 1 aliphatic heterocycles. The molecule has 16 heavy (non-hydrogen) atoms. The van der Waals surface area contributed by atoms with Gasteiger partial charge in [0.15, 0.2) is 0 Å². The zero-order valence-electron chi connectivity index (χ0n) is 11.3. The van der Waals surface area contributed by atoms with Gasteiger partial charge in [0.05, 0.1) is 18.8 Å². The van der Waals surface area contributed by atoms with E-state index in [0.29, 0.717) is 30.1 Å². The lowest BCUT2D eigenvalue weighted by Gasteiger charge is -2.28. The summed E-state index contributed by atoms with van der Waals surface area (Å²) in [5, 5.41) is 3.38. The van der Waals surface area contributed by atoms with E-state index in [9.17, 15) is 0 Å². The van der Waals surface area contributed by atoms with Gasteiger partial charge in [0.25, 0.3) is 0 Å². The number of ether oxygens (including phenoxy) is 2. The van der Waals surface area contributed by atoms with Crippen molar-refractivity contribution in [1.82, 2.24) is 5.32 Å². The van der Waals surface area contributed by atoms with Crippen LogP contribution in [0, 0.1) is 11.8 Å². The molecule has 3 nitrogen and oxygen atoms in total. The summed E-state index contributed by atoms with van der Waals surface area (Å²) in [4.78, 5) is 0. The molecule has 0 aromatic heterocycles. The molecule has 0 amide bonds. The standard InChI is InChI=1S/C13H27NO2/c1-6-7-15-8-12(14-5)13-9(2)10(3)16-11(13)4/h9-14H,6-8H2,1-5H3. The van der Waals surface area contributed by atoms with E-state index in [-0.39, 0.29) is 0 Å². The van der Waals surface area contributed by atoms with Gasteiger partial charge in [-0.1, -0.05) is 13.8 Å². The predicted molar refractivity (Wildman–Crippen MR) is 66.6 cm³/mol. The number of hydrogen-bond acceptors (Lipinski definition) is 3. The second kappa shape index (κ2) is 6.58. The summed E-state index contributed by atoms with van der Waals surface area (Å²) in [7, 11) is 2.02. The van der Waals surface area contributed by atoms with Crippen molar-refractivity contribution >= 4 is 0 Å². The maximum atomic E-state index is 5.88. The van der Waals surface area contributed by atoms with E-state index < -0.39 is 0 Å². The maximum absolute atomic E-state index is 5.88. The van der Waals surface area contributed by atoms with Crippen LogP contribution in [0.25, 0.3) is 0 Å². The molecule has 0 saturated carbocycles. The fraction of sp³-hybridized carbons (Fsp3) is 1.00. The molecule has 1 N–H and O–H groups in total. The zero-order valence-corrected chi connectivity index (χ0v) is 11.3. The second-order valence-corrected chi connectivity index (χ2v) is 4.95. The third-order valence-corrected chi connectivity index (χ3v) is 3.80. The Labute approximate surface area is 99.9 Å². The SMILES string of the molecule is CCCOCC(NC)C1C(C)OC(C)C1C. The van der Waals surface area contributed by atoms with Gasteiger partial charge in [0, 0.05) is 18.6 Å². The highest BCUT2D eigenvalue weighted by atomic mass is 16.5. The second-order valence-electron chi connectivity index (χ2n) is 4.95. The molecule has 1 saturated heterocycles. The van der Waals surface area contributed by atoms with Crippen LogP contribution in [0.4, 0.5) is 0 Å². The number of rotatable bonds is 6. The molecule has 0 radical (unpaired) electrons. The summed E-state index contributed by atoms with van der Waals surface area (Å²) in [6, 6.07) is 0.404. The van der Waals surface area contributed by atoms with Gasteiger partial charge in [-0.25, -0.2) is 0 Å². The van der Waals surface area contributed by atoms with Gasteiger partial charge in [0.1, 0.15) is 0 Å². The van der Waals surface area contributed by atoms with E-state index in [1.165, 1.54) is 0 Å². The minimum absolute atomic E-state index is 0.327. The van der Waals surface area contributed by atoms with E-state index >= 15 is 0 Å². The van der Waals surface area contributed by atoms with E-state index in [1.54, 1.807) is 0 Å².